The Kier molecular flexibility index (Phi) is 19.8. The van der Waals surface area contributed by atoms with Crippen LogP contribution in [0.2, 0.25) is 0 Å². The molecule has 4 heteroatoms. The zero-order valence-electron chi connectivity index (χ0n) is 53.6. The minimum Gasteiger partial charge on any atom is -0.327 e. The summed E-state index contributed by atoms with van der Waals surface area (Å²) in [5.74, 6) is 0. The number of rotatable bonds is 16. The second-order valence-electron chi connectivity index (χ2n) is 26.9. The van der Waals surface area contributed by atoms with Crippen LogP contribution in [0.3, 0.4) is 0 Å². The van der Waals surface area contributed by atoms with Gasteiger partial charge in [-0.25, -0.2) is 0 Å². The summed E-state index contributed by atoms with van der Waals surface area (Å²) in [5.41, 5.74) is 27.4. The molecule has 0 atom stereocenters. The van der Waals surface area contributed by atoms with Crippen LogP contribution in [0.4, 0.5) is 0 Å². The lowest BCUT2D eigenvalue weighted by molar-refractivity contribution is -0.884. The molecule has 0 aliphatic rings. The highest BCUT2D eigenvalue weighted by molar-refractivity contribution is 6.04. The Balaban J connectivity index is 0.000000841. The maximum atomic E-state index is 2.38. The molecule has 0 N–H and O–H groups in total. The average molecular weight is 1110 g/mol. The van der Waals surface area contributed by atoms with Crippen molar-refractivity contribution in [3.8, 4) is 89.0 Å². The van der Waals surface area contributed by atoms with Gasteiger partial charge in [-0.2, -0.15) is 0 Å². The summed E-state index contributed by atoms with van der Waals surface area (Å²) in [4.78, 5) is 0. The molecule has 0 aliphatic carbocycles. The van der Waals surface area contributed by atoms with E-state index in [2.05, 4.69) is 329 Å². The van der Waals surface area contributed by atoms with Crippen molar-refractivity contribution in [3.63, 3.8) is 0 Å². The molecule has 10 rings (SSSR count). The molecule has 0 radical (unpaired) electrons. The van der Waals surface area contributed by atoms with Crippen LogP contribution < -0.4 is 0 Å². The molecule has 0 aliphatic heterocycles. The third kappa shape index (κ3) is 16.6. The lowest BCUT2D eigenvalue weighted by Gasteiger charge is -2.25. The molecule has 0 unspecified atom stereocenters. The number of nitrogens with zero attached hydrogens (tertiary/aromatic N) is 4. The molecule has 0 amide bonds. The third-order valence-corrected chi connectivity index (χ3v) is 14.9. The topological polar surface area (TPSA) is 0 Å². The van der Waals surface area contributed by atoms with E-state index in [0.717, 1.165) is 44.1 Å². The van der Waals surface area contributed by atoms with Crippen molar-refractivity contribution in [2.24, 2.45) is 0 Å². The van der Waals surface area contributed by atoms with Crippen molar-refractivity contribution < 1.29 is 17.9 Å². The van der Waals surface area contributed by atoms with Crippen molar-refractivity contribution in [1.82, 2.24) is 0 Å². The molecule has 0 aromatic heterocycles. The molecule has 0 spiro atoms. The van der Waals surface area contributed by atoms with Gasteiger partial charge in [-0.3, -0.25) is 0 Å². The summed E-state index contributed by atoms with van der Waals surface area (Å²) in [7, 11) is 27.1. The van der Waals surface area contributed by atoms with Crippen molar-refractivity contribution in [2.75, 3.05) is 84.6 Å². The monoisotopic (exact) mass is 1110 g/mol. The minimum absolute atomic E-state index is 0.874. The van der Waals surface area contributed by atoms with Gasteiger partial charge in [-0.15, -0.1) is 0 Å². The average Bonchev–Trinajstić information content (AvgIpc) is 1.79. The standard InChI is InChI=1S/C70H78N4.C8H10.C2H6/c1-71(2,3)47-51-23-31-55(32-24-51)63-43-45-65(57-35-27-53(28-36-57)49-73(7,8)9)69(67(63)59-19-15-13-16-20-59)61-39-41-62(42-40-61)70-66(58-37-29-54(30-38-58)50-74(10,11)12)46-44-64(68(70)60-21-17-14-18-22-60)56-33-25-52(26-34-56)48-72(4,5)6;1-7-3-5-8(2)6-4-7;1-2/h13-46H,47-50H2,1-12H3;3-6H,1-2H3;1-2H3/q+4;;. The number of hydrogen-bond donors (Lipinski definition) is 0. The van der Waals surface area contributed by atoms with Gasteiger partial charge in [0.15, 0.2) is 0 Å². The Hall–Kier alpha value is -7.96. The van der Waals surface area contributed by atoms with Crippen LogP contribution in [0.25, 0.3) is 89.0 Å². The molecule has 0 saturated carbocycles. The van der Waals surface area contributed by atoms with Crippen LogP contribution in [0.15, 0.2) is 231 Å². The van der Waals surface area contributed by atoms with Gasteiger partial charge < -0.3 is 17.9 Å². The SMILES string of the molecule is CC.C[N+](C)(C)Cc1ccc(-c2ccc(-c3ccc(C[N+](C)(C)C)cc3)c(-c3ccc(-c4c(-c5ccc(C[N+](C)(C)C)cc5)ccc(-c5ccc(C[N+](C)(C)C)cc5)c4-c4ccccc4)cc3)c2-c2ccccc2)cc1.Cc1ccc(C)cc1. The lowest BCUT2D eigenvalue weighted by Crippen LogP contribution is -2.33. The zero-order chi connectivity index (χ0) is 60.4. The van der Waals surface area contributed by atoms with Crippen molar-refractivity contribution >= 4 is 0 Å². The fraction of sp³-hybridized carbons (Fsp3) is 0.250. The Labute approximate surface area is 506 Å². The first-order valence-corrected chi connectivity index (χ1v) is 30.1. The van der Waals surface area contributed by atoms with E-state index >= 15 is 0 Å². The molecular formula is C80H94N4+4. The predicted octanol–water partition coefficient (Wildman–Crippen LogP) is 19.2. The quantitative estimate of drug-likeness (QED) is 0.0846. The normalized spacial score (nSPS) is 11.8. The summed E-state index contributed by atoms with van der Waals surface area (Å²) in [6.07, 6.45) is 0. The van der Waals surface area contributed by atoms with Crippen LogP contribution in [0.1, 0.15) is 47.2 Å². The summed E-state index contributed by atoms with van der Waals surface area (Å²) < 4.78 is 3.50. The largest absolute Gasteiger partial charge is 0.327 e. The fourth-order valence-corrected chi connectivity index (χ4v) is 11.4. The van der Waals surface area contributed by atoms with E-state index in [0.29, 0.717) is 0 Å². The van der Waals surface area contributed by atoms with Gasteiger partial charge in [0.05, 0.1) is 84.6 Å². The maximum Gasteiger partial charge on any atom is 0.104 e. The van der Waals surface area contributed by atoms with Gasteiger partial charge >= 0.3 is 0 Å². The van der Waals surface area contributed by atoms with Gasteiger partial charge in [-0.05, 0) is 103 Å². The Bertz CT molecular complexity index is 3450. The molecule has 84 heavy (non-hydrogen) atoms. The van der Waals surface area contributed by atoms with Gasteiger partial charge in [-0.1, -0.05) is 255 Å². The molecule has 0 heterocycles. The predicted molar refractivity (Wildman–Crippen MR) is 364 cm³/mol. The van der Waals surface area contributed by atoms with Gasteiger partial charge in [0.2, 0.25) is 0 Å². The molecular weight excluding hydrogens is 1020 g/mol. The van der Waals surface area contributed by atoms with E-state index in [1.54, 1.807) is 0 Å². The van der Waals surface area contributed by atoms with Crippen LogP contribution in [0.5, 0.6) is 0 Å². The molecule has 430 valence electrons. The van der Waals surface area contributed by atoms with Crippen LogP contribution in [-0.4, -0.2) is 103 Å². The Morgan fingerprint density at radius 2 is 0.381 bits per heavy atom. The van der Waals surface area contributed by atoms with E-state index in [9.17, 15) is 0 Å². The van der Waals surface area contributed by atoms with Crippen LogP contribution >= 0.6 is 0 Å². The molecule has 10 aromatic carbocycles. The molecule has 10 aromatic rings. The fourth-order valence-electron chi connectivity index (χ4n) is 11.4. The van der Waals surface area contributed by atoms with E-state index in [-0.39, 0.29) is 0 Å². The van der Waals surface area contributed by atoms with Gasteiger partial charge in [0.25, 0.3) is 0 Å². The highest BCUT2D eigenvalue weighted by Crippen LogP contribution is 2.49. The summed E-state index contributed by atoms with van der Waals surface area (Å²) >= 11 is 0. The van der Waals surface area contributed by atoms with Crippen LogP contribution in [-0.2, 0) is 26.2 Å². The smallest absolute Gasteiger partial charge is 0.104 e. The van der Waals surface area contributed by atoms with E-state index in [1.165, 1.54) is 122 Å². The van der Waals surface area contributed by atoms with Crippen molar-refractivity contribution in [1.29, 1.82) is 0 Å². The summed E-state index contributed by atoms with van der Waals surface area (Å²) in [5, 5.41) is 0. The molecule has 0 bridgehead atoms. The zero-order valence-corrected chi connectivity index (χ0v) is 53.6. The second-order valence-corrected chi connectivity index (χ2v) is 26.9. The molecule has 0 saturated heterocycles. The molecule has 4 nitrogen and oxygen atoms in total. The third-order valence-electron chi connectivity index (χ3n) is 14.9. The van der Waals surface area contributed by atoms with E-state index < -0.39 is 0 Å². The maximum absolute atomic E-state index is 2.38. The van der Waals surface area contributed by atoms with Gasteiger partial charge in [0.1, 0.15) is 26.2 Å². The Morgan fingerprint density at radius 3 is 0.571 bits per heavy atom. The van der Waals surface area contributed by atoms with Crippen molar-refractivity contribution in [2.45, 2.75) is 53.9 Å². The van der Waals surface area contributed by atoms with E-state index in [4.69, 9.17) is 0 Å². The minimum atomic E-state index is 0.874. The number of quaternary nitrogens is 4. The summed E-state index contributed by atoms with van der Waals surface area (Å²) in [6, 6.07) is 86.7. The lowest BCUT2D eigenvalue weighted by atomic mass is 9.81. The first-order valence-electron chi connectivity index (χ1n) is 30.1. The summed E-state index contributed by atoms with van der Waals surface area (Å²) in [6.45, 7) is 12.0. The van der Waals surface area contributed by atoms with Crippen LogP contribution in [0, 0.1) is 13.8 Å². The van der Waals surface area contributed by atoms with Gasteiger partial charge in [0, 0.05) is 22.3 Å². The van der Waals surface area contributed by atoms with Crippen molar-refractivity contribution in [3.05, 3.63) is 264 Å². The number of benzene rings is 10. The first-order chi connectivity index (χ1) is 39.9. The molecule has 0 fully saturated rings. The van der Waals surface area contributed by atoms with E-state index in [1.807, 2.05) is 13.8 Å². The Morgan fingerprint density at radius 1 is 0.202 bits per heavy atom. The highest BCUT2D eigenvalue weighted by Gasteiger charge is 2.24. The second kappa shape index (κ2) is 26.7. The number of aryl methyl sites for hydroxylation is 2. The highest BCUT2D eigenvalue weighted by atomic mass is 15.3. The first kappa shape index (κ1) is 62.1. The number of hydrogen-bond acceptors (Lipinski definition) is 0.